The van der Waals surface area contributed by atoms with Gasteiger partial charge in [0.2, 0.25) is 0 Å². The lowest BCUT2D eigenvalue weighted by Gasteiger charge is -2.22. The Morgan fingerprint density at radius 3 is 1.71 bits per heavy atom. The highest BCUT2D eigenvalue weighted by Gasteiger charge is 2.22. The Hall–Kier alpha value is -1.70. The van der Waals surface area contributed by atoms with Crippen molar-refractivity contribution in [3.63, 3.8) is 0 Å². The van der Waals surface area contributed by atoms with E-state index in [1.165, 1.54) is 5.57 Å². The zero-order valence-electron chi connectivity index (χ0n) is 16.7. The molecule has 0 saturated carbocycles. The zero-order valence-corrected chi connectivity index (χ0v) is 16.7. The summed E-state index contributed by atoms with van der Waals surface area (Å²) in [4.78, 5) is 0. The minimum absolute atomic E-state index is 0.0283. The molecule has 136 valence electrons. The van der Waals surface area contributed by atoms with Gasteiger partial charge in [-0.25, -0.2) is 0 Å². The number of hydrogen-bond acceptors (Lipinski definition) is 2. The maximum Gasteiger partial charge on any atom is 0.116 e. The van der Waals surface area contributed by atoms with Crippen LogP contribution in [0.2, 0.25) is 0 Å². The fourth-order valence-corrected chi connectivity index (χ4v) is 2.98. The van der Waals surface area contributed by atoms with Crippen molar-refractivity contribution < 1.29 is 10.2 Å². The van der Waals surface area contributed by atoms with E-state index in [0.717, 1.165) is 54.4 Å². The summed E-state index contributed by atoms with van der Waals surface area (Å²) in [5.74, 6) is 0.273. The third-order valence-corrected chi connectivity index (χ3v) is 4.46. The van der Waals surface area contributed by atoms with Gasteiger partial charge in [0.25, 0.3) is 0 Å². The predicted octanol–water partition coefficient (Wildman–Crippen LogP) is 7.48. The van der Waals surface area contributed by atoms with Gasteiger partial charge in [-0.1, -0.05) is 57.4 Å². The first kappa shape index (κ1) is 22.3. The second-order valence-electron chi connectivity index (χ2n) is 6.34. The number of allylic oxidation sites excluding steroid dienone is 7. The van der Waals surface area contributed by atoms with Crippen molar-refractivity contribution in [1.82, 2.24) is 0 Å². The molecule has 0 atom stereocenters. The van der Waals surface area contributed by atoms with Crippen LogP contribution in [-0.4, -0.2) is 10.2 Å². The molecule has 0 rings (SSSR count). The zero-order chi connectivity index (χ0) is 18.9. The summed E-state index contributed by atoms with van der Waals surface area (Å²) in [7, 11) is 0. The van der Waals surface area contributed by atoms with Gasteiger partial charge < -0.3 is 10.2 Å². The molecule has 2 nitrogen and oxygen atoms in total. The normalized spacial score (nSPS) is 15.5. The van der Waals surface area contributed by atoms with E-state index in [9.17, 15) is 10.2 Å². The molecule has 0 bridgehead atoms. The third kappa shape index (κ3) is 5.74. The van der Waals surface area contributed by atoms with E-state index in [-0.39, 0.29) is 11.5 Å². The van der Waals surface area contributed by atoms with Crippen LogP contribution >= 0.6 is 0 Å². The largest absolute Gasteiger partial charge is 0.512 e. The van der Waals surface area contributed by atoms with Gasteiger partial charge in [0.1, 0.15) is 5.76 Å². The van der Waals surface area contributed by atoms with Gasteiger partial charge in [-0.2, -0.15) is 0 Å². The van der Waals surface area contributed by atoms with Gasteiger partial charge >= 0.3 is 0 Å². The van der Waals surface area contributed by atoms with Crippen LogP contribution in [0.15, 0.2) is 57.6 Å². The first-order chi connectivity index (χ1) is 11.3. The second kappa shape index (κ2) is 11.0. The van der Waals surface area contributed by atoms with Crippen molar-refractivity contribution in [1.29, 1.82) is 0 Å². The molecule has 0 spiro atoms. The Morgan fingerprint density at radius 1 is 0.875 bits per heavy atom. The van der Waals surface area contributed by atoms with Crippen LogP contribution in [0, 0.1) is 0 Å². The Labute approximate surface area is 149 Å². The highest BCUT2D eigenvalue weighted by Crippen LogP contribution is 2.37. The smallest absolute Gasteiger partial charge is 0.116 e. The van der Waals surface area contributed by atoms with E-state index in [4.69, 9.17) is 0 Å². The monoisotopic (exact) mass is 332 g/mol. The minimum Gasteiger partial charge on any atom is -0.512 e. The van der Waals surface area contributed by atoms with Crippen LogP contribution in [-0.2, 0) is 0 Å². The third-order valence-electron chi connectivity index (χ3n) is 4.46. The molecule has 0 aliphatic rings. The first-order valence-electron chi connectivity index (χ1n) is 9.10. The van der Waals surface area contributed by atoms with E-state index in [2.05, 4.69) is 34.3 Å². The summed E-state index contributed by atoms with van der Waals surface area (Å²) in [5, 5.41) is 20.9. The van der Waals surface area contributed by atoms with Crippen LogP contribution in [0.5, 0.6) is 0 Å². The molecule has 0 heterocycles. The lowest BCUT2D eigenvalue weighted by atomic mass is 9.83. The molecule has 0 aliphatic heterocycles. The number of aliphatic hydroxyl groups excluding tert-OH is 2. The molecule has 2 heteroatoms. The first-order valence-corrected chi connectivity index (χ1v) is 9.10. The Kier molecular flexibility index (Phi) is 10.2. The van der Waals surface area contributed by atoms with E-state index in [1.54, 1.807) is 6.92 Å². The molecule has 0 aliphatic carbocycles. The molecule has 24 heavy (non-hydrogen) atoms. The summed E-state index contributed by atoms with van der Waals surface area (Å²) in [5.41, 5.74) is 6.01. The summed E-state index contributed by atoms with van der Waals surface area (Å²) in [6.45, 7) is 18.0. The van der Waals surface area contributed by atoms with E-state index in [0.29, 0.717) is 5.57 Å². The van der Waals surface area contributed by atoms with E-state index < -0.39 is 0 Å². The van der Waals surface area contributed by atoms with Crippen LogP contribution < -0.4 is 0 Å². The van der Waals surface area contributed by atoms with Gasteiger partial charge in [0, 0.05) is 11.1 Å². The summed E-state index contributed by atoms with van der Waals surface area (Å²) in [6.07, 6.45) is 6.64. The predicted molar refractivity (Wildman–Crippen MR) is 106 cm³/mol. The average Bonchev–Trinajstić information content (AvgIpc) is 2.54. The van der Waals surface area contributed by atoms with Crippen LogP contribution in [0.25, 0.3) is 0 Å². The molecule has 2 N–H and O–H groups in total. The Balaban J connectivity index is 6.85. The quantitative estimate of drug-likeness (QED) is 0.339. The van der Waals surface area contributed by atoms with E-state index in [1.807, 2.05) is 19.9 Å². The van der Waals surface area contributed by atoms with Gasteiger partial charge in [0.15, 0.2) is 0 Å². The second-order valence-corrected chi connectivity index (χ2v) is 6.34. The minimum atomic E-state index is 0.0283. The van der Waals surface area contributed by atoms with Crippen molar-refractivity contribution in [2.45, 2.75) is 80.6 Å². The maximum atomic E-state index is 10.5. The van der Waals surface area contributed by atoms with Gasteiger partial charge in [-0.15, -0.1) is 0 Å². The maximum absolute atomic E-state index is 10.5. The van der Waals surface area contributed by atoms with Crippen molar-refractivity contribution >= 4 is 0 Å². The fraction of sp³-hybridized carbons (Fsp3) is 0.545. The Bertz CT molecular complexity index is 565. The highest BCUT2D eigenvalue weighted by atomic mass is 16.3. The van der Waals surface area contributed by atoms with Crippen molar-refractivity contribution in [3.05, 3.63) is 57.6 Å². The lowest BCUT2D eigenvalue weighted by Crippen LogP contribution is -2.07. The van der Waals surface area contributed by atoms with Crippen molar-refractivity contribution in [2.24, 2.45) is 0 Å². The van der Waals surface area contributed by atoms with Crippen LogP contribution in [0.4, 0.5) is 0 Å². The molecular formula is C22H36O2. The highest BCUT2D eigenvalue weighted by molar-refractivity contribution is 5.60. The molecule has 0 amide bonds. The summed E-state index contributed by atoms with van der Waals surface area (Å²) < 4.78 is 0. The standard InChI is InChI=1S/C22H36O2/c1-9-13-19(15(5)11-3)21(17(7)23)22(18(8)24)20(14-10-2)16(6)12-4/h11,23-24H,7,9-10,12-14H2,1-6,8H3/b15-11-,20-16+,21-19+,22-18-. The number of aliphatic hydroxyl groups is 2. The van der Waals surface area contributed by atoms with E-state index >= 15 is 0 Å². The number of hydrogen-bond donors (Lipinski definition) is 2. The van der Waals surface area contributed by atoms with Gasteiger partial charge in [-0.05, 0) is 58.1 Å². The molecule has 0 radical (unpaired) electrons. The average molecular weight is 333 g/mol. The topological polar surface area (TPSA) is 40.5 Å². The lowest BCUT2D eigenvalue weighted by molar-refractivity contribution is 0.400. The molecule has 0 aromatic rings. The molecular weight excluding hydrogens is 296 g/mol. The Morgan fingerprint density at radius 2 is 1.38 bits per heavy atom. The molecule has 0 aromatic heterocycles. The fourth-order valence-electron chi connectivity index (χ4n) is 2.98. The summed E-state index contributed by atoms with van der Waals surface area (Å²) >= 11 is 0. The van der Waals surface area contributed by atoms with Crippen molar-refractivity contribution in [2.75, 3.05) is 0 Å². The van der Waals surface area contributed by atoms with Crippen LogP contribution in [0.3, 0.4) is 0 Å². The van der Waals surface area contributed by atoms with Crippen LogP contribution in [0.1, 0.15) is 80.6 Å². The SMILES string of the molecule is C=C(O)C(=C(CCC)\C(C)=C/C)/C(=C(/C)O)C(/CCC)=C(\C)CC. The van der Waals surface area contributed by atoms with Gasteiger partial charge in [0.05, 0.1) is 5.76 Å². The van der Waals surface area contributed by atoms with Gasteiger partial charge in [-0.3, -0.25) is 0 Å². The molecule has 0 saturated heterocycles. The summed E-state index contributed by atoms with van der Waals surface area (Å²) in [6, 6.07) is 0. The molecule has 0 unspecified atom stereocenters. The molecule has 0 aromatic carbocycles. The molecule has 0 fully saturated rings. The van der Waals surface area contributed by atoms with Crippen molar-refractivity contribution in [3.8, 4) is 0 Å². The number of rotatable bonds is 9.